The summed E-state index contributed by atoms with van der Waals surface area (Å²) in [5, 5.41) is 2.77. The zero-order valence-corrected chi connectivity index (χ0v) is 17.6. The van der Waals surface area contributed by atoms with E-state index in [0.717, 1.165) is 13.0 Å². The van der Waals surface area contributed by atoms with Gasteiger partial charge in [0.15, 0.2) is 0 Å². The molecule has 0 aliphatic rings. The first-order chi connectivity index (χ1) is 12.3. The summed E-state index contributed by atoms with van der Waals surface area (Å²) in [6.07, 6.45) is 21.6. The molecule has 0 aromatic carbocycles. The number of thiol groups is 1. The van der Waals surface area contributed by atoms with Crippen molar-refractivity contribution in [3.63, 3.8) is 0 Å². The molecule has 0 rings (SSSR count). The van der Waals surface area contributed by atoms with Crippen molar-refractivity contribution in [1.29, 1.82) is 0 Å². The van der Waals surface area contributed by atoms with E-state index in [1.165, 1.54) is 96.3 Å². The molecule has 0 unspecified atom stereocenters. The molecule has 0 saturated heterocycles. The molecule has 0 heterocycles. The fourth-order valence-electron chi connectivity index (χ4n) is 3.05. The average molecular weight is 374 g/mol. The molecule has 4 heteroatoms. The van der Waals surface area contributed by atoms with Crippen molar-refractivity contribution < 1.29 is 9.53 Å². The van der Waals surface area contributed by atoms with Crippen LogP contribution in [-0.2, 0) is 4.74 Å². The van der Waals surface area contributed by atoms with Gasteiger partial charge in [-0.1, -0.05) is 103 Å². The number of rotatable bonds is 19. The molecule has 0 radical (unpaired) electrons. The Morgan fingerprint density at radius 3 is 1.52 bits per heavy atom. The Hall–Kier alpha value is -0.380. The minimum absolute atomic E-state index is 0.310. The minimum Gasteiger partial charge on any atom is -0.449 e. The van der Waals surface area contributed by atoms with E-state index in [2.05, 4.69) is 24.9 Å². The van der Waals surface area contributed by atoms with Crippen molar-refractivity contribution in [3.05, 3.63) is 0 Å². The Balaban J connectivity index is 3.04. The third-order valence-corrected chi connectivity index (χ3v) is 4.81. The van der Waals surface area contributed by atoms with Crippen LogP contribution in [0.1, 0.15) is 110 Å². The van der Waals surface area contributed by atoms with E-state index in [1.807, 2.05) is 0 Å². The SMILES string of the molecule is CCCCCCCCCCCCCCCCCCNC(=O)OCCS. The van der Waals surface area contributed by atoms with Gasteiger partial charge in [0, 0.05) is 12.3 Å². The van der Waals surface area contributed by atoms with Crippen molar-refractivity contribution in [3.8, 4) is 0 Å². The lowest BCUT2D eigenvalue weighted by molar-refractivity contribution is 0.153. The van der Waals surface area contributed by atoms with Crippen LogP contribution >= 0.6 is 12.6 Å². The Morgan fingerprint density at radius 1 is 0.720 bits per heavy atom. The predicted octanol–water partition coefficient (Wildman–Crippen LogP) is 6.90. The van der Waals surface area contributed by atoms with E-state index in [1.54, 1.807) is 0 Å². The van der Waals surface area contributed by atoms with E-state index in [9.17, 15) is 4.79 Å². The van der Waals surface area contributed by atoms with Crippen LogP contribution in [0, 0.1) is 0 Å². The molecule has 0 fully saturated rings. The Morgan fingerprint density at radius 2 is 1.12 bits per heavy atom. The van der Waals surface area contributed by atoms with Gasteiger partial charge in [0.2, 0.25) is 0 Å². The van der Waals surface area contributed by atoms with Crippen LogP contribution in [0.2, 0.25) is 0 Å². The largest absolute Gasteiger partial charge is 0.449 e. The van der Waals surface area contributed by atoms with E-state index < -0.39 is 0 Å². The summed E-state index contributed by atoms with van der Waals surface area (Å²) >= 11 is 4.00. The van der Waals surface area contributed by atoms with Gasteiger partial charge < -0.3 is 10.1 Å². The molecular weight excluding hydrogens is 330 g/mol. The number of ether oxygens (including phenoxy) is 1. The van der Waals surface area contributed by atoms with Crippen LogP contribution in [0.25, 0.3) is 0 Å². The molecule has 0 saturated carbocycles. The molecule has 0 aliphatic carbocycles. The lowest BCUT2D eigenvalue weighted by Gasteiger charge is -2.06. The highest BCUT2D eigenvalue weighted by molar-refractivity contribution is 7.80. The van der Waals surface area contributed by atoms with Crippen LogP contribution < -0.4 is 5.32 Å². The maximum Gasteiger partial charge on any atom is 0.407 e. The minimum atomic E-state index is -0.310. The number of unbranched alkanes of at least 4 members (excludes halogenated alkanes) is 15. The second kappa shape index (κ2) is 21.7. The highest BCUT2D eigenvalue weighted by Crippen LogP contribution is 2.13. The average Bonchev–Trinajstić information content (AvgIpc) is 2.62. The summed E-state index contributed by atoms with van der Waals surface area (Å²) in [5.41, 5.74) is 0. The van der Waals surface area contributed by atoms with E-state index in [-0.39, 0.29) is 6.09 Å². The quantitative estimate of drug-likeness (QED) is 0.191. The summed E-state index contributed by atoms with van der Waals surface area (Å²) in [4.78, 5) is 11.2. The van der Waals surface area contributed by atoms with E-state index in [0.29, 0.717) is 12.4 Å². The van der Waals surface area contributed by atoms with Crippen molar-refractivity contribution in [2.75, 3.05) is 18.9 Å². The lowest BCUT2D eigenvalue weighted by Crippen LogP contribution is -2.25. The van der Waals surface area contributed by atoms with Gasteiger partial charge in [0.1, 0.15) is 6.61 Å². The van der Waals surface area contributed by atoms with Crippen LogP contribution in [0.5, 0.6) is 0 Å². The Labute approximate surface area is 162 Å². The van der Waals surface area contributed by atoms with Crippen LogP contribution in [0.15, 0.2) is 0 Å². The van der Waals surface area contributed by atoms with Crippen molar-refractivity contribution in [2.45, 2.75) is 110 Å². The fraction of sp³-hybridized carbons (Fsp3) is 0.952. The first-order valence-corrected chi connectivity index (χ1v) is 11.5. The fourth-order valence-corrected chi connectivity index (χ4v) is 3.14. The Bertz CT molecular complexity index is 275. The predicted molar refractivity (Wildman–Crippen MR) is 113 cm³/mol. The summed E-state index contributed by atoms with van der Waals surface area (Å²) < 4.78 is 4.89. The normalized spacial score (nSPS) is 10.8. The summed E-state index contributed by atoms with van der Waals surface area (Å²) in [6, 6.07) is 0. The lowest BCUT2D eigenvalue weighted by atomic mass is 10.0. The second-order valence-corrected chi connectivity index (χ2v) is 7.54. The molecule has 0 spiro atoms. The number of hydrogen-bond acceptors (Lipinski definition) is 3. The molecule has 25 heavy (non-hydrogen) atoms. The maximum atomic E-state index is 11.2. The topological polar surface area (TPSA) is 38.3 Å². The number of alkyl carbamates (subject to hydrolysis) is 1. The zero-order chi connectivity index (χ0) is 18.4. The van der Waals surface area contributed by atoms with Gasteiger partial charge in [-0.15, -0.1) is 0 Å². The number of carbonyl (C=O) groups is 1. The first-order valence-electron chi connectivity index (χ1n) is 10.8. The van der Waals surface area contributed by atoms with Gasteiger partial charge >= 0.3 is 6.09 Å². The molecule has 3 nitrogen and oxygen atoms in total. The molecule has 0 aromatic heterocycles. The van der Waals surface area contributed by atoms with Gasteiger partial charge in [-0.2, -0.15) is 12.6 Å². The highest BCUT2D eigenvalue weighted by atomic mass is 32.1. The molecule has 0 aromatic rings. The number of hydrogen-bond donors (Lipinski definition) is 2. The van der Waals surface area contributed by atoms with Crippen molar-refractivity contribution in [1.82, 2.24) is 5.32 Å². The molecule has 1 N–H and O–H groups in total. The molecule has 0 bridgehead atoms. The number of amides is 1. The van der Waals surface area contributed by atoms with Crippen LogP contribution in [-0.4, -0.2) is 25.0 Å². The van der Waals surface area contributed by atoms with Gasteiger partial charge in [-0.3, -0.25) is 0 Å². The van der Waals surface area contributed by atoms with Gasteiger partial charge in [-0.05, 0) is 6.42 Å². The molecular formula is C21H43NO2S. The van der Waals surface area contributed by atoms with Gasteiger partial charge in [0.25, 0.3) is 0 Å². The first kappa shape index (κ1) is 24.6. The molecule has 0 atom stereocenters. The maximum absolute atomic E-state index is 11.2. The monoisotopic (exact) mass is 373 g/mol. The summed E-state index contributed by atoms with van der Waals surface area (Å²) in [6.45, 7) is 3.39. The summed E-state index contributed by atoms with van der Waals surface area (Å²) in [7, 11) is 0. The van der Waals surface area contributed by atoms with Gasteiger partial charge in [-0.25, -0.2) is 4.79 Å². The standard InChI is InChI=1S/C21H43NO2S/c1-2-3-4-5-6-7-8-9-10-11-12-13-14-15-16-17-18-22-21(23)24-19-20-25/h25H,2-20H2,1H3,(H,22,23). The summed E-state index contributed by atoms with van der Waals surface area (Å²) in [5.74, 6) is 0.576. The van der Waals surface area contributed by atoms with Crippen molar-refractivity contribution >= 4 is 18.7 Å². The molecule has 0 aliphatic heterocycles. The van der Waals surface area contributed by atoms with Crippen molar-refractivity contribution in [2.24, 2.45) is 0 Å². The Kier molecular flexibility index (Phi) is 21.3. The van der Waals surface area contributed by atoms with Gasteiger partial charge in [0.05, 0.1) is 0 Å². The number of carbonyl (C=O) groups excluding carboxylic acids is 1. The second-order valence-electron chi connectivity index (χ2n) is 7.09. The zero-order valence-electron chi connectivity index (χ0n) is 16.7. The van der Waals surface area contributed by atoms with Crippen LogP contribution in [0.4, 0.5) is 4.79 Å². The third kappa shape index (κ3) is 21.6. The van der Waals surface area contributed by atoms with E-state index >= 15 is 0 Å². The number of nitrogens with one attached hydrogen (secondary N) is 1. The molecule has 1 amide bonds. The third-order valence-electron chi connectivity index (χ3n) is 4.62. The van der Waals surface area contributed by atoms with Crippen LogP contribution in [0.3, 0.4) is 0 Å². The highest BCUT2D eigenvalue weighted by Gasteiger charge is 1.99. The van der Waals surface area contributed by atoms with E-state index in [4.69, 9.17) is 4.74 Å². The molecule has 150 valence electrons. The smallest absolute Gasteiger partial charge is 0.407 e.